The zero-order valence-electron chi connectivity index (χ0n) is 16.2. The van der Waals surface area contributed by atoms with Crippen LogP contribution in [0, 0.1) is 11.6 Å². The van der Waals surface area contributed by atoms with Gasteiger partial charge in [0.05, 0.1) is 6.04 Å². The van der Waals surface area contributed by atoms with Crippen molar-refractivity contribution in [1.29, 1.82) is 0 Å². The van der Waals surface area contributed by atoms with Crippen molar-refractivity contribution in [2.75, 3.05) is 45.1 Å². The number of halogens is 2. The van der Waals surface area contributed by atoms with Crippen LogP contribution in [0.1, 0.15) is 11.6 Å². The second-order valence-corrected chi connectivity index (χ2v) is 7.08. The van der Waals surface area contributed by atoms with E-state index in [1.807, 2.05) is 7.05 Å². The van der Waals surface area contributed by atoms with Crippen LogP contribution < -0.4 is 10.6 Å². The molecule has 3 rings (SSSR count). The molecule has 1 aliphatic rings. The minimum absolute atomic E-state index is 0.174. The molecular weight excluding hydrogens is 378 g/mol. The van der Waals surface area contributed by atoms with Gasteiger partial charge in [0, 0.05) is 38.4 Å². The quantitative estimate of drug-likeness (QED) is 0.751. The summed E-state index contributed by atoms with van der Waals surface area (Å²) in [7, 11) is 2.05. The van der Waals surface area contributed by atoms with Gasteiger partial charge in [0.2, 0.25) is 0 Å². The summed E-state index contributed by atoms with van der Waals surface area (Å²) in [6, 6.07) is 11.2. The van der Waals surface area contributed by atoms with Crippen molar-refractivity contribution in [3.63, 3.8) is 0 Å². The Bertz CT molecular complexity index is 835. The fourth-order valence-electron chi connectivity index (χ4n) is 3.27. The summed E-state index contributed by atoms with van der Waals surface area (Å²) >= 11 is 0. The van der Waals surface area contributed by atoms with Gasteiger partial charge in [-0.15, -0.1) is 0 Å². The predicted octanol–water partition coefficient (Wildman–Crippen LogP) is 2.01. The zero-order chi connectivity index (χ0) is 20.8. The fourth-order valence-corrected chi connectivity index (χ4v) is 3.27. The summed E-state index contributed by atoms with van der Waals surface area (Å²) < 4.78 is 26.3. The molecule has 0 unspecified atom stereocenters. The van der Waals surface area contributed by atoms with Gasteiger partial charge in [0.15, 0.2) is 0 Å². The first-order valence-corrected chi connectivity index (χ1v) is 9.45. The van der Waals surface area contributed by atoms with E-state index in [9.17, 15) is 18.4 Å². The van der Waals surface area contributed by atoms with E-state index in [0.29, 0.717) is 5.69 Å². The minimum atomic E-state index is -0.826. The molecule has 0 radical (unpaired) electrons. The lowest BCUT2D eigenvalue weighted by molar-refractivity contribution is -0.136. The molecule has 0 aromatic heterocycles. The SMILES string of the molecule is CN1CCN([C@@H](CNC(=O)C(=O)Nc2ccc(F)cc2)c2ccc(F)cc2)CC1. The van der Waals surface area contributed by atoms with E-state index in [1.165, 1.54) is 36.4 Å². The van der Waals surface area contributed by atoms with Gasteiger partial charge in [-0.25, -0.2) is 8.78 Å². The molecule has 6 nitrogen and oxygen atoms in total. The van der Waals surface area contributed by atoms with Crippen LogP contribution in [0.15, 0.2) is 48.5 Å². The first kappa shape index (κ1) is 20.9. The number of hydrogen-bond donors (Lipinski definition) is 2. The highest BCUT2D eigenvalue weighted by Gasteiger charge is 2.25. The van der Waals surface area contributed by atoms with Crippen molar-refractivity contribution in [2.45, 2.75) is 6.04 Å². The van der Waals surface area contributed by atoms with Crippen molar-refractivity contribution < 1.29 is 18.4 Å². The molecular formula is C21H24F2N4O2. The van der Waals surface area contributed by atoms with Crippen LogP contribution in [0.5, 0.6) is 0 Å². The summed E-state index contributed by atoms with van der Waals surface area (Å²) in [5.74, 6) is -2.36. The van der Waals surface area contributed by atoms with Gasteiger partial charge in [-0.05, 0) is 49.0 Å². The lowest BCUT2D eigenvalue weighted by Crippen LogP contribution is -2.49. The van der Waals surface area contributed by atoms with E-state index in [1.54, 1.807) is 12.1 Å². The van der Waals surface area contributed by atoms with Gasteiger partial charge >= 0.3 is 11.8 Å². The van der Waals surface area contributed by atoms with Gasteiger partial charge in [-0.2, -0.15) is 0 Å². The van der Waals surface area contributed by atoms with Crippen LogP contribution in [-0.2, 0) is 9.59 Å². The highest BCUT2D eigenvalue weighted by Crippen LogP contribution is 2.22. The molecule has 0 spiro atoms. The maximum absolute atomic E-state index is 13.3. The number of rotatable bonds is 5. The average Bonchev–Trinajstić information content (AvgIpc) is 2.72. The van der Waals surface area contributed by atoms with Crippen molar-refractivity contribution in [3.05, 3.63) is 65.7 Å². The van der Waals surface area contributed by atoms with E-state index in [-0.39, 0.29) is 18.4 Å². The van der Waals surface area contributed by atoms with Crippen molar-refractivity contribution in [3.8, 4) is 0 Å². The third kappa shape index (κ3) is 5.82. The van der Waals surface area contributed by atoms with Crippen LogP contribution in [-0.4, -0.2) is 61.4 Å². The molecule has 0 saturated carbocycles. The molecule has 1 aliphatic heterocycles. The standard InChI is InChI=1S/C21H24F2N4O2/c1-26-10-12-27(13-11-26)19(15-2-4-16(22)5-3-15)14-24-20(28)21(29)25-18-8-6-17(23)7-9-18/h2-9,19H,10-14H2,1H3,(H,24,28)(H,25,29)/t19-/m0/s1. The summed E-state index contributed by atoms with van der Waals surface area (Å²) in [5, 5.41) is 5.10. The van der Waals surface area contributed by atoms with Crippen LogP contribution in [0.4, 0.5) is 14.5 Å². The van der Waals surface area contributed by atoms with Gasteiger partial charge in [-0.3, -0.25) is 14.5 Å². The monoisotopic (exact) mass is 402 g/mol. The Labute approximate surface area is 168 Å². The van der Waals surface area contributed by atoms with E-state index < -0.39 is 17.6 Å². The summed E-state index contributed by atoms with van der Waals surface area (Å²) in [6.07, 6.45) is 0. The number of carbonyl (C=O) groups excluding carboxylic acids is 2. The number of nitrogens with zero attached hydrogens (tertiary/aromatic N) is 2. The molecule has 8 heteroatoms. The Morgan fingerprint density at radius 2 is 1.45 bits per heavy atom. The first-order chi connectivity index (χ1) is 13.9. The molecule has 1 fully saturated rings. The van der Waals surface area contributed by atoms with Gasteiger partial charge < -0.3 is 15.5 Å². The summed E-state index contributed by atoms with van der Waals surface area (Å²) in [5.41, 5.74) is 1.20. The normalized spacial score (nSPS) is 16.2. The molecule has 1 atom stereocenters. The van der Waals surface area contributed by atoms with E-state index >= 15 is 0 Å². The molecule has 0 aliphatic carbocycles. The van der Waals surface area contributed by atoms with Crippen molar-refractivity contribution in [2.24, 2.45) is 0 Å². The van der Waals surface area contributed by atoms with Crippen LogP contribution in [0.3, 0.4) is 0 Å². The number of likely N-dealkylation sites (N-methyl/N-ethyl adjacent to an activating group) is 1. The van der Waals surface area contributed by atoms with Crippen LogP contribution in [0.25, 0.3) is 0 Å². The number of amides is 2. The minimum Gasteiger partial charge on any atom is -0.346 e. The van der Waals surface area contributed by atoms with E-state index in [0.717, 1.165) is 31.7 Å². The molecule has 2 amide bonds. The van der Waals surface area contributed by atoms with Gasteiger partial charge in [0.1, 0.15) is 11.6 Å². The Morgan fingerprint density at radius 1 is 0.897 bits per heavy atom. The molecule has 0 bridgehead atoms. The number of piperazine rings is 1. The van der Waals surface area contributed by atoms with Crippen LogP contribution in [0.2, 0.25) is 0 Å². The lowest BCUT2D eigenvalue weighted by atomic mass is 10.0. The largest absolute Gasteiger partial charge is 0.346 e. The zero-order valence-corrected chi connectivity index (χ0v) is 16.2. The number of carbonyl (C=O) groups is 2. The molecule has 1 heterocycles. The third-order valence-corrected chi connectivity index (χ3v) is 5.00. The van der Waals surface area contributed by atoms with Gasteiger partial charge in [-0.1, -0.05) is 12.1 Å². The Balaban J connectivity index is 1.63. The topological polar surface area (TPSA) is 64.7 Å². The number of hydrogen-bond acceptors (Lipinski definition) is 4. The number of anilines is 1. The van der Waals surface area contributed by atoms with Crippen LogP contribution >= 0.6 is 0 Å². The maximum atomic E-state index is 13.3. The highest BCUT2D eigenvalue weighted by atomic mass is 19.1. The average molecular weight is 402 g/mol. The fraction of sp³-hybridized carbons (Fsp3) is 0.333. The Kier molecular flexibility index (Phi) is 6.90. The number of benzene rings is 2. The van der Waals surface area contributed by atoms with E-state index in [2.05, 4.69) is 20.4 Å². The van der Waals surface area contributed by atoms with E-state index in [4.69, 9.17) is 0 Å². The number of nitrogens with one attached hydrogen (secondary N) is 2. The van der Waals surface area contributed by atoms with Crippen molar-refractivity contribution in [1.82, 2.24) is 15.1 Å². The third-order valence-electron chi connectivity index (χ3n) is 5.00. The molecule has 154 valence electrons. The van der Waals surface area contributed by atoms with Crippen molar-refractivity contribution >= 4 is 17.5 Å². The molecule has 2 aromatic carbocycles. The molecule has 2 aromatic rings. The smallest absolute Gasteiger partial charge is 0.313 e. The first-order valence-electron chi connectivity index (χ1n) is 9.45. The molecule has 2 N–H and O–H groups in total. The second-order valence-electron chi connectivity index (χ2n) is 7.08. The predicted molar refractivity (Wildman–Crippen MR) is 106 cm³/mol. The molecule has 29 heavy (non-hydrogen) atoms. The second kappa shape index (κ2) is 9.58. The summed E-state index contributed by atoms with van der Waals surface area (Å²) in [4.78, 5) is 28.8. The maximum Gasteiger partial charge on any atom is 0.313 e. The summed E-state index contributed by atoms with van der Waals surface area (Å²) in [6.45, 7) is 3.59. The Morgan fingerprint density at radius 3 is 2.03 bits per heavy atom. The Hall–Kier alpha value is -2.84. The lowest BCUT2D eigenvalue weighted by Gasteiger charge is -2.38. The van der Waals surface area contributed by atoms with Gasteiger partial charge in [0.25, 0.3) is 0 Å². The highest BCUT2D eigenvalue weighted by molar-refractivity contribution is 6.39. The molecule has 1 saturated heterocycles.